The van der Waals surface area contributed by atoms with E-state index in [-0.39, 0.29) is 16.5 Å². The lowest BCUT2D eigenvalue weighted by Crippen LogP contribution is -2.09. The molecule has 0 unspecified atom stereocenters. The highest BCUT2D eigenvalue weighted by molar-refractivity contribution is 7.85. The quantitative estimate of drug-likeness (QED) is 0.527. The Balaban J connectivity index is 2.39. The van der Waals surface area contributed by atoms with Crippen molar-refractivity contribution in [2.45, 2.75) is 24.7 Å². The number of rotatable bonds is 7. The number of hydrogen-bond donors (Lipinski definition) is 2. The predicted molar refractivity (Wildman–Crippen MR) is 113 cm³/mol. The second kappa shape index (κ2) is 8.40. The van der Waals surface area contributed by atoms with Crippen LogP contribution in [0.2, 0.25) is 0 Å². The zero-order valence-corrected chi connectivity index (χ0v) is 18.2. The van der Waals surface area contributed by atoms with Gasteiger partial charge in [0, 0.05) is 0 Å². The van der Waals surface area contributed by atoms with Gasteiger partial charge in [0.1, 0.15) is 11.5 Å². The Labute approximate surface area is 179 Å². The molecule has 0 fully saturated rings. The van der Waals surface area contributed by atoms with Gasteiger partial charge in [0.15, 0.2) is 5.69 Å². The SMILES string of the molecule is COc1cccc(OC)c1-c1cc(C(=O)O)nn1-c1ccc(S(=O)(=O)O)cc1C(C)C. The van der Waals surface area contributed by atoms with Crippen molar-refractivity contribution in [2.75, 3.05) is 14.2 Å². The molecule has 31 heavy (non-hydrogen) atoms. The molecule has 1 heterocycles. The molecule has 3 rings (SSSR count). The second-order valence-corrected chi connectivity index (χ2v) is 8.44. The number of nitrogens with zero attached hydrogens (tertiary/aromatic N) is 2. The molecular weight excluding hydrogens is 424 g/mol. The number of hydrogen-bond acceptors (Lipinski definition) is 6. The molecule has 2 aromatic carbocycles. The van der Waals surface area contributed by atoms with Crippen molar-refractivity contribution in [2.24, 2.45) is 0 Å². The minimum Gasteiger partial charge on any atom is -0.496 e. The van der Waals surface area contributed by atoms with Gasteiger partial charge in [-0.1, -0.05) is 19.9 Å². The number of carboxylic acids is 1. The van der Waals surface area contributed by atoms with E-state index in [9.17, 15) is 22.9 Å². The van der Waals surface area contributed by atoms with Crippen LogP contribution in [0.5, 0.6) is 11.5 Å². The maximum absolute atomic E-state index is 11.7. The first-order valence-electron chi connectivity index (χ1n) is 9.25. The molecule has 164 valence electrons. The highest BCUT2D eigenvalue weighted by Gasteiger charge is 2.24. The first kappa shape index (κ1) is 22.3. The van der Waals surface area contributed by atoms with Crippen LogP contribution in [0.1, 0.15) is 35.8 Å². The Morgan fingerprint density at radius 2 is 1.68 bits per heavy atom. The van der Waals surface area contributed by atoms with Crippen molar-refractivity contribution < 1.29 is 32.3 Å². The summed E-state index contributed by atoms with van der Waals surface area (Å²) in [5.41, 5.74) is 1.66. The topological polar surface area (TPSA) is 128 Å². The first-order chi connectivity index (χ1) is 14.6. The monoisotopic (exact) mass is 446 g/mol. The highest BCUT2D eigenvalue weighted by atomic mass is 32.2. The fourth-order valence-electron chi connectivity index (χ4n) is 3.30. The van der Waals surface area contributed by atoms with Crippen LogP contribution < -0.4 is 9.47 Å². The summed E-state index contributed by atoms with van der Waals surface area (Å²) in [7, 11) is -1.45. The van der Waals surface area contributed by atoms with Crippen LogP contribution in [-0.2, 0) is 10.1 Å². The van der Waals surface area contributed by atoms with E-state index in [0.29, 0.717) is 34.0 Å². The van der Waals surface area contributed by atoms with Gasteiger partial charge in [-0.3, -0.25) is 4.55 Å². The van der Waals surface area contributed by atoms with Crippen molar-refractivity contribution >= 4 is 16.1 Å². The molecule has 0 bridgehead atoms. The number of carboxylic acid groups (broad SMARTS) is 1. The molecule has 10 heteroatoms. The van der Waals surface area contributed by atoms with Gasteiger partial charge in [0.25, 0.3) is 10.1 Å². The molecule has 0 saturated heterocycles. The summed E-state index contributed by atoms with van der Waals surface area (Å²) in [6.07, 6.45) is 0. The van der Waals surface area contributed by atoms with E-state index < -0.39 is 16.1 Å². The lowest BCUT2D eigenvalue weighted by Gasteiger charge is -2.18. The summed E-state index contributed by atoms with van der Waals surface area (Å²) in [6, 6.07) is 10.6. The smallest absolute Gasteiger partial charge is 0.356 e. The molecule has 0 aliphatic heterocycles. The van der Waals surface area contributed by atoms with Crippen LogP contribution in [0.15, 0.2) is 47.4 Å². The number of aromatic carboxylic acids is 1. The molecule has 0 aliphatic rings. The van der Waals surface area contributed by atoms with Gasteiger partial charge in [0.2, 0.25) is 0 Å². The Kier molecular flexibility index (Phi) is 6.05. The number of aromatic nitrogens is 2. The van der Waals surface area contributed by atoms with Gasteiger partial charge >= 0.3 is 5.97 Å². The van der Waals surface area contributed by atoms with Gasteiger partial charge in [-0.15, -0.1) is 0 Å². The molecule has 0 radical (unpaired) electrons. The number of carbonyl (C=O) groups is 1. The molecule has 0 aliphatic carbocycles. The van der Waals surface area contributed by atoms with E-state index >= 15 is 0 Å². The van der Waals surface area contributed by atoms with Crippen molar-refractivity contribution in [3.05, 3.63) is 53.7 Å². The fraction of sp³-hybridized carbons (Fsp3) is 0.238. The van der Waals surface area contributed by atoms with Gasteiger partial charge in [-0.2, -0.15) is 13.5 Å². The van der Waals surface area contributed by atoms with Crippen LogP contribution in [0, 0.1) is 0 Å². The van der Waals surface area contributed by atoms with E-state index in [4.69, 9.17) is 9.47 Å². The van der Waals surface area contributed by atoms with Crippen LogP contribution >= 0.6 is 0 Å². The molecule has 9 nitrogen and oxygen atoms in total. The Hall–Kier alpha value is -3.37. The Morgan fingerprint density at radius 3 is 2.16 bits per heavy atom. The summed E-state index contributed by atoms with van der Waals surface area (Å²) in [5.74, 6) is -0.507. The molecule has 0 atom stereocenters. The lowest BCUT2D eigenvalue weighted by atomic mass is 10.0. The molecule has 0 spiro atoms. The number of methoxy groups -OCH3 is 2. The minimum absolute atomic E-state index is 0.165. The van der Waals surface area contributed by atoms with Crippen LogP contribution in [-0.4, -0.2) is 48.0 Å². The standard InChI is InChI=1S/C21H22N2O7S/c1-12(2)14-10-13(31(26,27)28)8-9-16(14)23-17(11-15(22-23)21(24)25)20-18(29-3)6-5-7-19(20)30-4/h5-12H,1-4H3,(H,24,25)(H,26,27,28). The maximum Gasteiger partial charge on any atom is 0.356 e. The Morgan fingerprint density at radius 1 is 1.06 bits per heavy atom. The fourth-order valence-corrected chi connectivity index (χ4v) is 3.82. The highest BCUT2D eigenvalue weighted by Crippen LogP contribution is 2.40. The Bertz CT molecular complexity index is 1220. The summed E-state index contributed by atoms with van der Waals surface area (Å²) in [6.45, 7) is 3.69. The van der Waals surface area contributed by atoms with Crippen molar-refractivity contribution in [3.63, 3.8) is 0 Å². The zero-order chi connectivity index (χ0) is 22.9. The van der Waals surface area contributed by atoms with Gasteiger partial charge in [0.05, 0.1) is 36.1 Å². The van der Waals surface area contributed by atoms with E-state index in [2.05, 4.69) is 5.10 Å². The van der Waals surface area contributed by atoms with Crippen LogP contribution in [0.25, 0.3) is 16.9 Å². The lowest BCUT2D eigenvalue weighted by molar-refractivity contribution is 0.0690. The van der Waals surface area contributed by atoms with Crippen LogP contribution in [0.3, 0.4) is 0 Å². The summed E-state index contributed by atoms with van der Waals surface area (Å²) in [4.78, 5) is 11.4. The van der Waals surface area contributed by atoms with E-state index in [1.54, 1.807) is 18.2 Å². The normalized spacial score (nSPS) is 11.5. The average molecular weight is 446 g/mol. The largest absolute Gasteiger partial charge is 0.496 e. The second-order valence-electron chi connectivity index (χ2n) is 7.02. The molecule has 1 aromatic heterocycles. The van der Waals surface area contributed by atoms with Gasteiger partial charge in [-0.25, -0.2) is 9.48 Å². The van der Waals surface area contributed by atoms with Crippen molar-refractivity contribution in [3.8, 4) is 28.4 Å². The number of ether oxygens (including phenoxy) is 2. The van der Waals surface area contributed by atoms with Crippen molar-refractivity contribution in [1.82, 2.24) is 9.78 Å². The summed E-state index contributed by atoms with van der Waals surface area (Å²) < 4.78 is 45.0. The summed E-state index contributed by atoms with van der Waals surface area (Å²) in [5, 5.41) is 13.8. The third kappa shape index (κ3) is 4.25. The predicted octanol–water partition coefficient (Wildman–Crippen LogP) is 3.62. The first-order valence-corrected chi connectivity index (χ1v) is 10.7. The molecule has 3 aromatic rings. The van der Waals surface area contributed by atoms with Gasteiger partial charge in [-0.05, 0) is 47.9 Å². The molecular formula is C21H22N2O7S. The zero-order valence-electron chi connectivity index (χ0n) is 17.4. The number of benzene rings is 2. The summed E-state index contributed by atoms with van der Waals surface area (Å²) >= 11 is 0. The molecule has 0 amide bonds. The van der Waals surface area contributed by atoms with Gasteiger partial charge < -0.3 is 14.6 Å². The molecule has 2 N–H and O–H groups in total. The minimum atomic E-state index is -4.41. The third-order valence-corrected chi connectivity index (χ3v) is 5.61. The third-order valence-electron chi connectivity index (χ3n) is 4.76. The van der Waals surface area contributed by atoms with Crippen LogP contribution in [0.4, 0.5) is 0 Å². The average Bonchev–Trinajstić information content (AvgIpc) is 3.17. The van der Waals surface area contributed by atoms with E-state index in [1.807, 2.05) is 13.8 Å². The van der Waals surface area contributed by atoms with E-state index in [0.717, 1.165) is 0 Å². The maximum atomic E-state index is 11.7. The van der Waals surface area contributed by atoms with E-state index in [1.165, 1.54) is 43.2 Å². The van der Waals surface area contributed by atoms with Crippen molar-refractivity contribution in [1.29, 1.82) is 0 Å². The molecule has 0 saturated carbocycles.